The molecule has 4 heteroatoms. The summed E-state index contributed by atoms with van der Waals surface area (Å²) >= 11 is 0. The van der Waals surface area contributed by atoms with Gasteiger partial charge in [0.05, 0.1) is 0 Å². The Balaban J connectivity index is 2.64. The highest BCUT2D eigenvalue weighted by Crippen LogP contribution is 2.25. The van der Waals surface area contributed by atoms with Crippen LogP contribution >= 0.6 is 0 Å². The Kier molecular flexibility index (Phi) is 6.48. The van der Waals surface area contributed by atoms with Gasteiger partial charge in [-0.15, -0.1) is 6.58 Å². The van der Waals surface area contributed by atoms with Crippen LogP contribution in [-0.4, -0.2) is 52.7 Å². The Morgan fingerprint density at radius 1 is 1.32 bits per heavy atom. The van der Waals surface area contributed by atoms with Crippen LogP contribution in [0.1, 0.15) is 60.8 Å². The maximum Gasteiger partial charge on any atom is 0.410 e. The Morgan fingerprint density at radius 2 is 1.95 bits per heavy atom. The molecule has 1 heterocycles. The molecule has 0 aromatic rings. The second-order valence-electron chi connectivity index (χ2n) is 8.16. The van der Waals surface area contributed by atoms with Crippen molar-refractivity contribution in [3.05, 3.63) is 12.7 Å². The van der Waals surface area contributed by atoms with Crippen LogP contribution in [-0.2, 0) is 4.74 Å². The first-order valence-corrected chi connectivity index (χ1v) is 8.40. The van der Waals surface area contributed by atoms with Crippen LogP contribution < -0.4 is 0 Å². The molecule has 0 spiro atoms. The number of rotatable bonds is 5. The zero-order chi connectivity index (χ0) is 17.0. The quantitative estimate of drug-likeness (QED) is 0.567. The van der Waals surface area contributed by atoms with E-state index < -0.39 is 5.60 Å². The van der Waals surface area contributed by atoms with Gasteiger partial charge in [0.15, 0.2) is 0 Å². The largest absolute Gasteiger partial charge is 0.444 e. The lowest BCUT2D eigenvalue weighted by Crippen LogP contribution is -2.50. The molecule has 4 nitrogen and oxygen atoms in total. The van der Waals surface area contributed by atoms with Crippen LogP contribution in [0.15, 0.2) is 12.7 Å². The highest BCUT2D eigenvalue weighted by molar-refractivity contribution is 5.68. The van der Waals surface area contributed by atoms with Crippen LogP contribution in [0.25, 0.3) is 0 Å². The molecule has 1 amide bonds. The highest BCUT2D eigenvalue weighted by Gasteiger charge is 2.36. The van der Waals surface area contributed by atoms with Gasteiger partial charge in [-0.05, 0) is 67.3 Å². The van der Waals surface area contributed by atoms with E-state index in [4.69, 9.17) is 4.74 Å². The van der Waals surface area contributed by atoms with Gasteiger partial charge in [-0.2, -0.15) is 0 Å². The Labute approximate surface area is 136 Å². The van der Waals surface area contributed by atoms with Crippen LogP contribution in [0.2, 0.25) is 0 Å². The van der Waals surface area contributed by atoms with Crippen molar-refractivity contribution in [2.75, 3.05) is 19.6 Å². The molecule has 1 atom stereocenters. The minimum atomic E-state index is -0.428. The van der Waals surface area contributed by atoms with Gasteiger partial charge >= 0.3 is 6.09 Å². The summed E-state index contributed by atoms with van der Waals surface area (Å²) in [5.74, 6) is 0. The molecule has 1 saturated heterocycles. The van der Waals surface area contributed by atoms with E-state index in [0.717, 1.165) is 38.9 Å². The summed E-state index contributed by atoms with van der Waals surface area (Å²) in [7, 11) is 0. The lowest BCUT2D eigenvalue weighted by Gasteiger charge is -2.40. The number of hydrogen-bond acceptors (Lipinski definition) is 3. The van der Waals surface area contributed by atoms with Gasteiger partial charge in [-0.3, -0.25) is 4.90 Å². The van der Waals surface area contributed by atoms with Gasteiger partial charge in [0.1, 0.15) is 5.60 Å². The fraction of sp³-hybridized carbons (Fsp3) is 0.833. The van der Waals surface area contributed by atoms with E-state index in [2.05, 4.69) is 32.3 Å². The van der Waals surface area contributed by atoms with E-state index in [-0.39, 0.29) is 11.6 Å². The fourth-order valence-corrected chi connectivity index (χ4v) is 2.96. The van der Waals surface area contributed by atoms with E-state index >= 15 is 0 Å². The van der Waals surface area contributed by atoms with Crippen LogP contribution in [0.4, 0.5) is 4.79 Å². The molecule has 1 fully saturated rings. The molecule has 0 aromatic heterocycles. The standard InChI is InChI=1S/C18H34N2O2/c1-8-9-10-12-20(17(2,3)4)15-11-13-19(14-15)16(21)22-18(5,6)7/h8,15H,1,9-14H2,2-7H3/t15-/m1/s1. The molecular formula is C18H34N2O2. The number of nitrogens with zero attached hydrogens (tertiary/aromatic N) is 2. The summed E-state index contributed by atoms with van der Waals surface area (Å²) < 4.78 is 5.49. The SMILES string of the molecule is C=CCCCN([C@@H]1CCN(C(=O)OC(C)(C)C)C1)C(C)(C)C. The number of carbonyl (C=O) groups excluding carboxylic acids is 1. The fourth-order valence-electron chi connectivity index (χ4n) is 2.96. The maximum absolute atomic E-state index is 12.2. The normalized spacial score (nSPS) is 19.6. The molecule has 128 valence electrons. The first-order valence-electron chi connectivity index (χ1n) is 8.40. The van der Waals surface area contributed by atoms with E-state index in [1.807, 2.05) is 31.7 Å². The number of carbonyl (C=O) groups is 1. The Bertz CT molecular complexity index is 380. The van der Waals surface area contributed by atoms with E-state index in [9.17, 15) is 4.79 Å². The van der Waals surface area contributed by atoms with Crippen molar-refractivity contribution >= 4 is 6.09 Å². The van der Waals surface area contributed by atoms with Crippen molar-refractivity contribution in [3.8, 4) is 0 Å². The highest BCUT2D eigenvalue weighted by atomic mass is 16.6. The number of likely N-dealkylation sites (tertiary alicyclic amines) is 1. The predicted molar refractivity (Wildman–Crippen MR) is 92.1 cm³/mol. The Hall–Kier alpha value is -1.03. The molecule has 1 aliphatic heterocycles. The summed E-state index contributed by atoms with van der Waals surface area (Å²) in [6, 6.07) is 0.414. The third kappa shape index (κ3) is 5.99. The van der Waals surface area contributed by atoms with Crippen molar-refractivity contribution in [2.24, 2.45) is 0 Å². The van der Waals surface area contributed by atoms with Gasteiger partial charge in [-0.1, -0.05) is 6.08 Å². The van der Waals surface area contributed by atoms with E-state index in [0.29, 0.717) is 6.04 Å². The third-order valence-corrected chi connectivity index (χ3v) is 3.92. The Morgan fingerprint density at radius 3 is 2.45 bits per heavy atom. The van der Waals surface area contributed by atoms with Crippen molar-refractivity contribution in [2.45, 2.75) is 78.0 Å². The summed E-state index contributed by atoms with van der Waals surface area (Å²) in [6.45, 7) is 18.9. The molecule has 0 N–H and O–H groups in total. The lowest BCUT2D eigenvalue weighted by molar-refractivity contribution is 0.0254. The first-order chi connectivity index (χ1) is 10.0. The molecule has 22 heavy (non-hydrogen) atoms. The zero-order valence-electron chi connectivity index (χ0n) is 15.3. The van der Waals surface area contributed by atoms with Crippen LogP contribution in [0.3, 0.4) is 0 Å². The molecular weight excluding hydrogens is 276 g/mol. The lowest BCUT2D eigenvalue weighted by atomic mass is 10.0. The predicted octanol–water partition coefficient (Wildman–Crippen LogP) is 4.06. The van der Waals surface area contributed by atoms with Gasteiger partial charge in [-0.25, -0.2) is 4.79 Å². The summed E-state index contributed by atoms with van der Waals surface area (Å²) in [4.78, 5) is 16.6. The number of amides is 1. The minimum Gasteiger partial charge on any atom is -0.444 e. The maximum atomic E-state index is 12.2. The number of ether oxygens (including phenoxy) is 1. The van der Waals surface area contributed by atoms with Crippen molar-refractivity contribution < 1.29 is 9.53 Å². The molecule has 0 aliphatic carbocycles. The number of unbranched alkanes of at least 4 members (excludes halogenated alkanes) is 1. The van der Waals surface area contributed by atoms with Crippen LogP contribution in [0, 0.1) is 0 Å². The van der Waals surface area contributed by atoms with Gasteiger partial charge < -0.3 is 9.64 Å². The molecule has 1 aliphatic rings. The molecule has 0 aromatic carbocycles. The van der Waals surface area contributed by atoms with Gasteiger partial charge in [0.25, 0.3) is 0 Å². The second-order valence-corrected chi connectivity index (χ2v) is 8.16. The smallest absolute Gasteiger partial charge is 0.410 e. The molecule has 1 rings (SSSR count). The zero-order valence-corrected chi connectivity index (χ0v) is 15.3. The van der Waals surface area contributed by atoms with Gasteiger partial charge in [0, 0.05) is 24.7 Å². The first kappa shape index (κ1) is 19.0. The molecule has 0 unspecified atom stereocenters. The molecule has 0 saturated carbocycles. The third-order valence-electron chi connectivity index (χ3n) is 3.92. The summed E-state index contributed by atoms with van der Waals surface area (Å²) in [5, 5.41) is 0. The van der Waals surface area contributed by atoms with Crippen LogP contribution in [0.5, 0.6) is 0 Å². The number of allylic oxidation sites excluding steroid dienone is 1. The monoisotopic (exact) mass is 310 g/mol. The van der Waals surface area contributed by atoms with Gasteiger partial charge in [0.2, 0.25) is 0 Å². The summed E-state index contributed by atoms with van der Waals surface area (Å²) in [5.41, 5.74) is -0.321. The van der Waals surface area contributed by atoms with Crippen molar-refractivity contribution in [1.29, 1.82) is 0 Å². The second kappa shape index (κ2) is 7.49. The van der Waals surface area contributed by atoms with E-state index in [1.54, 1.807) is 0 Å². The van der Waals surface area contributed by atoms with E-state index in [1.165, 1.54) is 0 Å². The number of hydrogen-bond donors (Lipinski definition) is 0. The average Bonchev–Trinajstić information content (AvgIpc) is 2.80. The van der Waals surface area contributed by atoms with Crippen molar-refractivity contribution in [3.63, 3.8) is 0 Å². The minimum absolute atomic E-state index is 0.107. The molecule has 0 radical (unpaired) electrons. The summed E-state index contributed by atoms with van der Waals surface area (Å²) in [6.07, 6.45) is 4.96. The molecule has 0 bridgehead atoms. The van der Waals surface area contributed by atoms with Crippen molar-refractivity contribution in [1.82, 2.24) is 9.80 Å². The average molecular weight is 310 g/mol. The topological polar surface area (TPSA) is 32.8 Å².